The number of carbonyl (C=O) groups is 2. The first-order valence-corrected chi connectivity index (χ1v) is 5.66. The molecule has 3 N–H and O–H groups in total. The van der Waals surface area contributed by atoms with Gasteiger partial charge in [-0.2, -0.15) is 0 Å². The van der Waals surface area contributed by atoms with E-state index in [0.29, 0.717) is 26.0 Å². The maximum absolute atomic E-state index is 11.3. The Bertz CT molecular complexity index is 235. The van der Waals surface area contributed by atoms with Crippen molar-refractivity contribution in [1.29, 1.82) is 0 Å². The Labute approximate surface area is 109 Å². The zero-order chi connectivity index (χ0) is 12.6. The number of halogens is 1. The SMILES string of the molecule is CCOC(=O)C(C)CNC(=O)CCC(C)N.Cl. The van der Waals surface area contributed by atoms with Gasteiger partial charge in [-0.3, -0.25) is 9.59 Å². The van der Waals surface area contributed by atoms with Crippen LogP contribution in [-0.4, -0.2) is 31.1 Å². The highest BCUT2D eigenvalue weighted by molar-refractivity contribution is 5.85. The van der Waals surface area contributed by atoms with Gasteiger partial charge in [-0.1, -0.05) is 6.92 Å². The third kappa shape index (κ3) is 10.1. The molecule has 0 aliphatic rings. The van der Waals surface area contributed by atoms with Crippen LogP contribution in [0.25, 0.3) is 0 Å². The number of nitrogens with two attached hydrogens (primary N) is 1. The maximum Gasteiger partial charge on any atom is 0.310 e. The minimum Gasteiger partial charge on any atom is -0.466 e. The molecule has 2 atom stereocenters. The van der Waals surface area contributed by atoms with Crippen molar-refractivity contribution in [1.82, 2.24) is 5.32 Å². The molecule has 17 heavy (non-hydrogen) atoms. The van der Waals surface area contributed by atoms with E-state index in [-0.39, 0.29) is 36.2 Å². The van der Waals surface area contributed by atoms with E-state index in [9.17, 15) is 9.59 Å². The molecule has 0 heterocycles. The van der Waals surface area contributed by atoms with Crippen LogP contribution in [-0.2, 0) is 14.3 Å². The van der Waals surface area contributed by atoms with E-state index in [1.807, 2.05) is 6.92 Å². The molecule has 0 rings (SSSR count). The summed E-state index contributed by atoms with van der Waals surface area (Å²) in [4.78, 5) is 22.5. The van der Waals surface area contributed by atoms with Crippen molar-refractivity contribution < 1.29 is 14.3 Å². The van der Waals surface area contributed by atoms with Gasteiger partial charge in [0.2, 0.25) is 5.91 Å². The molecule has 0 saturated carbocycles. The van der Waals surface area contributed by atoms with E-state index in [4.69, 9.17) is 10.5 Å². The van der Waals surface area contributed by atoms with Crippen molar-refractivity contribution in [3.8, 4) is 0 Å². The van der Waals surface area contributed by atoms with Gasteiger partial charge in [0, 0.05) is 19.0 Å². The Balaban J connectivity index is 0. The predicted octanol–water partition coefficient (Wildman–Crippen LogP) is 0.851. The number of hydrogen-bond donors (Lipinski definition) is 2. The predicted molar refractivity (Wildman–Crippen MR) is 68.9 cm³/mol. The molecule has 0 fully saturated rings. The summed E-state index contributed by atoms with van der Waals surface area (Å²) in [5.41, 5.74) is 5.53. The number of nitrogens with one attached hydrogen (secondary N) is 1. The molecule has 0 radical (unpaired) electrons. The lowest BCUT2D eigenvalue weighted by Crippen LogP contribution is -2.33. The standard InChI is InChI=1S/C11H22N2O3.ClH/c1-4-16-11(15)8(2)7-13-10(14)6-5-9(3)12;/h8-9H,4-7,12H2,1-3H3,(H,13,14);1H. The fourth-order valence-corrected chi connectivity index (χ4v) is 1.08. The van der Waals surface area contributed by atoms with Crippen LogP contribution in [0.5, 0.6) is 0 Å². The monoisotopic (exact) mass is 266 g/mol. The van der Waals surface area contributed by atoms with Gasteiger partial charge in [-0.05, 0) is 20.3 Å². The highest BCUT2D eigenvalue weighted by Gasteiger charge is 2.14. The van der Waals surface area contributed by atoms with Crippen LogP contribution in [0.4, 0.5) is 0 Å². The van der Waals surface area contributed by atoms with Gasteiger partial charge in [0.1, 0.15) is 0 Å². The topological polar surface area (TPSA) is 81.4 Å². The van der Waals surface area contributed by atoms with Gasteiger partial charge in [-0.15, -0.1) is 12.4 Å². The first-order valence-electron chi connectivity index (χ1n) is 5.66. The summed E-state index contributed by atoms with van der Waals surface area (Å²) < 4.78 is 4.82. The second-order valence-electron chi connectivity index (χ2n) is 3.97. The third-order valence-electron chi connectivity index (χ3n) is 2.12. The van der Waals surface area contributed by atoms with E-state index in [2.05, 4.69) is 5.32 Å². The molecule has 5 nitrogen and oxygen atoms in total. The Morgan fingerprint density at radius 3 is 2.41 bits per heavy atom. The summed E-state index contributed by atoms with van der Waals surface area (Å²) in [7, 11) is 0. The molecule has 0 aromatic carbocycles. The average molecular weight is 267 g/mol. The Morgan fingerprint density at radius 1 is 1.35 bits per heavy atom. The number of carbonyl (C=O) groups excluding carboxylic acids is 2. The van der Waals surface area contributed by atoms with Gasteiger partial charge >= 0.3 is 5.97 Å². The average Bonchev–Trinajstić information content (AvgIpc) is 2.23. The summed E-state index contributed by atoms with van der Waals surface area (Å²) in [6, 6.07) is 0.0215. The molecule has 0 saturated heterocycles. The fourth-order valence-electron chi connectivity index (χ4n) is 1.08. The molecule has 0 bridgehead atoms. The number of esters is 1. The Kier molecular flexibility index (Phi) is 11.3. The largest absolute Gasteiger partial charge is 0.466 e. The summed E-state index contributed by atoms with van der Waals surface area (Å²) in [6.07, 6.45) is 1.05. The van der Waals surface area contributed by atoms with Crippen molar-refractivity contribution in [2.24, 2.45) is 11.7 Å². The van der Waals surface area contributed by atoms with Gasteiger partial charge < -0.3 is 15.8 Å². The van der Waals surface area contributed by atoms with Crippen LogP contribution in [0.15, 0.2) is 0 Å². The van der Waals surface area contributed by atoms with E-state index < -0.39 is 0 Å². The lowest BCUT2D eigenvalue weighted by Gasteiger charge is -2.12. The van der Waals surface area contributed by atoms with Crippen molar-refractivity contribution in [2.45, 2.75) is 39.7 Å². The maximum atomic E-state index is 11.3. The van der Waals surface area contributed by atoms with Crippen molar-refractivity contribution >= 4 is 24.3 Å². The molecule has 102 valence electrons. The van der Waals surface area contributed by atoms with Crippen molar-refractivity contribution in [3.05, 3.63) is 0 Å². The molecule has 0 aromatic rings. The minimum atomic E-state index is -0.306. The van der Waals surface area contributed by atoms with Crippen LogP contribution >= 0.6 is 12.4 Å². The minimum absolute atomic E-state index is 0. The number of ether oxygens (including phenoxy) is 1. The Morgan fingerprint density at radius 2 is 1.94 bits per heavy atom. The van der Waals surface area contributed by atoms with Crippen LogP contribution in [0.1, 0.15) is 33.6 Å². The number of amides is 1. The smallest absolute Gasteiger partial charge is 0.310 e. The van der Waals surface area contributed by atoms with E-state index in [1.54, 1.807) is 13.8 Å². The van der Waals surface area contributed by atoms with Crippen LogP contribution in [0.2, 0.25) is 0 Å². The molecule has 0 aromatic heterocycles. The highest BCUT2D eigenvalue weighted by atomic mass is 35.5. The summed E-state index contributed by atoms with van der Waals surface area (Å²) in [5.74, 6) is -0.664. The first-order chi connectivity index (χ1) is 7.47. The van der Waals surface area contributed by atoms with Crippen LogP contribution in [0, 0.1) is 5.92 Å². The fraction of sp³-hybridized carbons (Fsp3) is 0.818. The highest BCUT2D eigenvalue weighted by Crippen LogP contribution is 1.98. The van der Waals surface area contributed by atoms with Gasteiger partial charge in [0.05, 0.1) is 12.5 Å². The molecule has 0 spiro atoms. The molecular weight excluding hydrogens is 244 g/mol. The van der Waals surface area contributed by atoms with Gasteiger partial charge in [0.25, 0.3) is 0 Å². The second-order valence-corrected chi connectivity index (χ2v) is 3.97. The molecule has 0 aliphatic heterocycles. The van der Waals surface area contributed by atoms with Crippen LogP contribution < -0.4 is 11.1 Å². The van der Waals surface area contributed by atoms with Crippen molar-refractivity contribution in [2.75, 3.05) is 13.2 Å². The lowest BCUT2D eigenvalue weighted by atomic mass is 10.1. The zero-order valence-electron chi connectivity index (χ0n) is 10.7. The molecule has 6 heteroatoms. The molecule has 0 aliphatic carbocycles. The zero-order valence-corrected chi connectivity index (χ0v) is 11.5. The van der Waals surface area contributed by atoms with Gasteiger partial charge in [0.15, 0.2) is 0 Å². The molecule has 1 amide bonds. The Hall–Kier alpha value is -0.810. The number of hydrogen-bond acceptors (Lipinski definition) is 4. The summed E-state index contributed by atoms with van der Waals surface area (Å²) in [5, 5.41) is 2.68. The molecular formula is C11H23ClN2O3. The second kappa shape index (κ2) is 10.4. The molecule has 2 unspecified atom stereocenters. The van der Waals surface area contributed by atoms with Gasteiger partial charge in [-0.25, -0.2) is 0 Å². The third-order valence-corrected chi connectivity index (χ3v) is 2.12. The van der Waals surface area contributed by atoms with Crippen molar-refractivity contribution in [3.63, 3.8) is 0 Å². The first kappa shape index (κ1) is 18.6. The quantitative estimate of drug-likeness (QED) is 0.670. The van der Waals surface area contributed by atoms with E-state index >= 15 is 0 Å². The summed E-state index contributed by atoms with van der Waals surface area (Å²) in [6.45, 7) is 6.02. The normalized spacial score (nSPS) is 13.2. The van der Waals surface area contributed by atoms with E-state index in [1.165, 1.54) is 0 Å². The number of rotatable bonds is 7. The van der Waals surface area contributed by atoms with E-state index in [0.717, 1.165) is 0 Å². The summed E-state index contributed by atoms with van der Waals surface area (Å²) >= 11 is 0. The lowest BCUT2D eigenvalue weighted by molar-refractivity contribution is -0.147. The van der Waals surface area contributed by atoms with Crippen LogP contribution in [0.3, 0.4) is 0 Å².